The Kier molecular flexibility index (Phi) is 5.73. The summed E-state index contributed by atoms with van der Waals surface area (Å²) in [4.78, 5) is 0.793. The highest BCUT2D eigenvalue weighted by Gasteiger charge is 2.11. The van der Waals surface area contributed by atoms with E-state index in [9.17, 15) is 9.50 Å². The Bertz CT molecular complexity index is 592. The predicted molar refractivity (Wildman–Crippen MR) is 83.3 cm³/mol. The predicted octanol–water partition coefficient (Wildman–Crippen LogP) is 4.83. The van der Waals surface area contributed by atoms with E-state index in [-0.39, 0.29) is 5.82 Å². The van der Waals surface area contributed by atoms with Crippen LogP contribution in [0, 0.1) is 5.82 Å². The molecule has 0 amide bonds. The third kappa shape index (κ3) is 4.38. The zero-order valence-electron chi connectivity index (χ0n) is 10.5. The zero-order chi connectivity index (χ0) is 14.5. The van der Waals surface area contributed by atoms with E-state index < -0.39 is 6.10 Å². The number of halogens is 3. The molecule has 0 aliphatic heterocycles. The van der Waals surface area contributed by atoms with Crippen molar-refractivity contribution >= 4 is 35.0 Å². The fourth-order valence-corrected chi connectivity index (χ4v) is 3.04. The summed E-state index contributed by atoms with van der Waals surface area (Å²) < 4.78 is 13.0. The van der Waals surface area contributed by atoms with Gasteiger partial charge >= 0.3 is 0 Å². The molecule has 0 saturated carbocycles. The van der Waals surface area contributed by atoms with Crippen molar-refractivity contribution in [2.45, 2.75) is 17.4 Å². The van der Waals surface area contributed by atoms with Crippen LogP contribution in [0.1, 0.15) is 5.56 Å². The maximum absolute atomic E-state index is 13.0. The van der Waals surface area contributed by atoms with Gasteiger partial charge in [0.15, 0.2) is 0 Å². The molecular formula is C15H13Cl2FOS. The number of thioether (sulfide) groups is 1. The molecule has 20 heavy (non-hydrogen) atoms. The molecule has 1 atom stereocenters. The van der Waals surface area contributed by atoms with Crippen molar-refractivity contribution in [1.29, 1.82) is 0 Å². The SMILES string of the molecule is OC(CSc1cccc(F)c1)Cc1cccc(Cl)c1Cl. The Morgan fingerprint density at radius 2 is 1.90 bits per heavy atom. The van der Waals surface area contributed by atoms with Gasteiger partial charge in [-0.25, -0.2) is 4.39 Å². The minimum atomic E-state index is -0.570. The van der Waals surface area contributed by atoms with Gasteiger partial charge in [-0.05, 0) is 29.8 Å². The average Bonchev–Trinajstić information content (AvgIpc) is 2.42. The van der Waals surface area contributed by atoms with Gasteiger partial charge in [0, 0.05) is 17.1 Å². The summed E-state index contributed by atoms with van der Waals surface area (Å²) in [7, 11) is 0. The molecule has 2 rings (SSSR count). The van der Waals surface area contributed by atoms with Crippen molar-refractivity contribution in [3.63, 3.8) is 0 Å². The van der Waals surface area contributed by atoms with Gasteiger partial charge < -0.3 is 5.11 Å². The lowest BCUT2D eigenvalue weighted by Crippen LogP contribution is -2.13. The Morgan fingerprint density at radius 3 is 2.65 bits per heavy atom. The van der Waals surface area contributed by atoms with Crippen molar-refractivity contribution in [2.75, 3.05) is 5.75 Å². The van der Waals surface area contributed by atoms with E-state index in [1.165, 1.54) is 23.9 Å². The number of aliphatic hydroxyl groups excluding tert-OH is 1. The van der Waals surface area contributed by atoms with Gasteiger partial charge in [-0.2, -0.15) is 0 Å². The van der Waals surface area contributed by atoms with Gasteiger partial charge in [0.25, 0.3) is 0 Å². The molecule has 0 aliphatic rings. The molecule has 1 nitrogen and oxygen atoms in total. The first-order valence-electron chi connectivity index (χ1n) is 6.05. The second kappa shape index (κ2) is 7.32. The van der Waals surface area contributed by atoms with Gasteiger partial charge in [0.2, 0.25) is 0 Å². The summed E-state index contributed by atoms with van der Waals surface area (Å²) in [6.07, 6.45) is -0.152. The van der Waals surface area contributed by atoms with E-state index in [4.69, 9.17) is 23.2 Å². The summed E-state index contributed by atoms with van der Waals surface area (Å²) in [6, 6.07) is 11.7. The topological polar surface area (TPSA) is 20.2 Å². The van der Waals surface area contributed by atoms with Crippen molar-refractivity contribution in [3.8, 4) is 0 Å². The lowest BCUT2D eigenvalue weighted by atomic mass is 10.1. The first-order chi connectivity index (χ1) is 9.56. The quantitative estimate of drug-likeness (QED) is 0.792. The highest BCUT2D eigenvalue weighted by molar-refractivity contribution is 7.99. The molecular weight excluding hydrogens is 318 g/mol. The molecule has 0 radical (unpaired) electrons. The molecule has 106 valence electrons. The summed E-state index contributed by atoms with van der Waals surface area (Å²) in [5.74, 6) is 0.189. The van der Waals surface area contributed by atoms with E-state index >= 15 is 0 Å². The molecule has 0 aromatic heterocycles. The number of hydrogen-bond acceptors (Lipinski definition) is 2. The van der Waals surface area contributed by atoms with E-state index in [2.05, 4.69) is 0 Å². The highest BCUT2D eigenvalue weighted by atomic mass is 35.5. The van der Waals surface area contributed by atoms with E-state index in [0.717, 1.165) is 10.5 Å². The van der Waals surface area contributed by atoms with Crippen LogP contribution in [0.2, 0.25) is 10.0 Å². The van der Waals surface area contributed by atoms with Crippen molar-refractivity contribution in [3.05, 3.63) is 63.9 Å². The molecule has 0 aliphatic carbocycles. The molecule has 2 aromatic carbocycles. The van der Waals surface area contributed by atoms with Crippen LogP contribution >= 0.6 is 35.0 Å². The summed E-state index contributed by atoms with van der Waals surface area (Å²) in [5, 5.41) is 11.0. The summed E-state index contributed by atoms with van der Waals surface area (Å²) >= 11 is 13.4. The Balaban J connectivity index is 1.92. The number of hydrogen-bond donors (Lipinski definition) is 1. The second-order valence-corrected chi connectivity index (χ2v) is 6.22. The lowest BCUT2D eigenvalue weighted by molar-refractivity contribution is 0.200. The van der Waals surface area contributed by atoms with Crippen LogP contribution in [0.5, 0.6) is 0 Å². The fraction of sp³-hybridized carbons (Fsp3) is 0.200. The first-order valence-corrected chi connectivity index (χ1v) is 7.79. The fourth-order valence-electron chi connectivity index (χ4n) is 1.77. The van der Waals surface area contributed by atoms with Crippen LogP contribution in [-0.2, 0) is 6.42 Å². The maximum atomic E-state index is 13.0. The molecule has 1 unspecified atom stereocenters. The molecule has 0 saturated heterocycles. The largest absolute Gasteiger partial charge is 0.392 e. The van der Waals surface area contributed by atoms with Gasteiger partial charge in [0.05, 0.1) is 16.1 Å². The summed E-state index contributed by atoms with van der Waals surface area (Å²) in [6.45, 7) is 0. The van der Waals surface area contributed by atoms with Crippen molar-refractivity contribution in [1.82, 2.24) is 0 Å². The third-order valence-corrected chi connectivity index (χ3v) is 4.72. The minimum Gasteiger partial charge on any atom is -0.392 e. The van der Waals surface area contributed by atoms with Gasteiger partial charge in [-0.1, -0.05) is 41.4 Å². The molecule has 0 spiro atoms. The van der Waals surface area contributed by atoms with E-state index in [0.29, 0.717) is 22.2 Å². The molecule has 0 fully saturated rings. The van der Waals surface area contributed by atoms with Gasteiger partial charge in [-0.3, -0.25) is 0 Å². The van der Waals surface area contributed by atoms with E-state index in [1.54, 1.807) is 18.2 Å². The van der Waals surface area contributed by atoms with Crippen molar-refractivity contribution in [2.24, 2.45) is 0 Å². The van der Waals surface area contributed by atoms with Gasteiger partial charge in [0.1, 0.15) is 5.82 Å². The molecule has 5 heteroatoms. The molecule has 1 N–H and O–H groups in total. The van der Waals surface area contributed by atoms with Crippen LogP contribution in [0.4, 0.5) is 4.39 Å². The van der Waals surface area contributed by atoms with Crippen LogP contribution in [0.15, 0.2) is 47.4 Å². The lowest BCUT2D eigenvalue weighted by Gasteiger charge is -2.12. The number of aliphatic hydroxyl groups is 1. The normalized spacial score (nSPS) is 12.4. The standard InChI is InChI=1S/C15H13Cl2FOS/c16-14-6-1-3-10(15(14)17)7-12(19)9-20-13-5-2-4-11(18)8-13/h1-6,8,12,19H,7,9H2. The first kappa shape index (κ1) is 15.6. The average molecular weight is 331 g/mol. The maximum Gasteiger partial charge on any atom is 0.124 e. The number of rotatable bonds is 5. The summed E-state index contributed by atoms with van der Waals surface area (Å²) in [5.41, 5.74) is 0.812. The third-order valence-electron chi connectivity index (χ3n) is 2.73. The second-order valence-electron chi connectivity index (χ2n) is 4.34. The Hall–Kier alpha value is -0.740. The zero-order valence-corrected chi connectivity index (χ0v) is 12.9. The van der Waals surface area contributed by atoms with Crippen LogP contribution in [0.3, 0.4) is 0 Å². The van der Waals surface area contributed by atoms with Crippen LogP contribution in [0.25, 0.3) is 0 Å². The van der Waals surface area contributed by atoms with Gasteiger partial charge in [-0.15, -0.1) is 11.8 Å². The Morgan fingerprint density at radius 1 is 1.15 bits per heavy atom. The van der Waals surface area contributed by atoms with Crippen molar-refractivity contribution < 1.29 is 9.50 Å². The Labute approximate surface area is 131 Å². The molecule has 2 aromatic rings. The highest BCUT2D eigenvalue weighted by Crippen LogP contribution is 2.27. The number of benzene rings is 2. The van der Waals surface area contributed by atoms with E-state index in [1.807, 2.05) is 12.1 Å². The smallest absolute Gasteiger partial charge is 0.124 e. The monoisotopic (exact) mass is 330 g/mol. The molecule has 0 heterocycles. The van der Waals surface area contributed by atoms with Crippen LogP contribution in [-0.4, -0.2) is 17.0 Å². The minimum absolute atomic E-state index is 0.276. The molecule has 0 bridgehead atoms. The van der Waals surface area contributed by atoms with Crippen LogP contribution < -0.4 is 0 Å².